The molecule has 6 nitrogen and oxygen atoms in total. The number of aliphatic imine (C=N–C) groups is 2. The quantitative estimate of drug-likeness (QED) is 0.590. The lowest BCUT2D eigenvalue weighted by Crippen LogP contribution is -2.25. The highest BCUT2D eigenvalue weighted by Crippen LogP contribution is 2.40. The van der Waals surface area contributed by atoms with Gasteiger partial charge in [0.05, 0.1) is 19.3 Å². The first-order valence-corrected chi connectivity index (χ1v) is 11.4. The van der Waals surface area contributed by atoms with Crippen molar-refractivity contribution in [3.8, 4) is 5.75 Å². The molecule has 1 aromatic carbocycles. The van der Waals surface area contributed by atoms with E-state index in [0.717, 1.165) is 47.3 Å². The highest BCUT2D eigenvalue weighted by Gasteiger charge is 2.26. The van der Waals surface area contributed by atoms with E-state index in [4.69, 9.17) is 19.2 Å². The monoisotopic (exact) mass is 460 g/mol. The topological polar surface area (TPSA) is 72.6 Å². The number of aliphatic hydroxyl groups is 1. The highest BCUT2D eigenvalue weighted by atomic mass is 19.3. The van der Waals surface area contributed by atoms with Crippen molar-refractivity contribution in [2.45, 2.75) is 57.5 Å². The number of methoxy groups -OCH3 is 1. The molecular weight excluding hydrogens is 430 g/mol. The fraction of sp³-hybridized carbons (Fsp3) is 0.520. The molecule has 1 aromatic rings. The van der Waals surface area contributed by atoms with Gasteiger partial charge >= 0.3 is 0 Å². The average molecular weight is 461 g/mol. The molecular formula is C25H30F2N2O4. The fourth-order valence-corrected chi connectivity index (χ4v) is 4.51. The fourth-order valence-electron chi connectivity index (χ4n) is 4.51. The molecule has 3 aliphatic rings. The van der Waals surface area contributed by atoms with Crippen LogP contribution in [0.25, 0.3) is 5.57 Å². The maximum absolute atomic E-state index is 13.4. The molecule has 0 unspecified atom stereocenters. The van der Waals surface area contributed by atoms with Gasteiger partial charge in [-0.25, -0.2) is 18.8 Å². The number of rotatable bonds is 6. The number of hydrogen-bond donors (Lipinski definition) is 1. The van der Waals surface area contributed by atoms with E-state index in [1.54, 1.807) is 6.07 Å². The first-order chi connectivity index (χ1) is 16.1. The largest absolute Gasteiger partial charge is 0.467 e. The number of fused-ring (bicyclic) bond motifs is 1. The summed E-state index contributed by atoms with van der Waals surface area (Å²) >= 11 is 0. The first kappa shape index (κ1) is 23.7. The van der Waals surface area contributed by atoms with Gasteiger partial charge < -0.3 is 19.3 Å². The van der Waals surface area contributed by atoms with Crippen molar-refractivity contribution >= 4 is 17.5 Å². The maximum atomic E-state index is 13.4. The zero-order valence-electron chi connectivity index (χ0n) is 18.9. The number of hydrogen-bond acceptors (Lipinski definition) is 6. The molecule has 0 radical (unpaired) electrons. The Morgan fingerprint density at radius 2 is 2.06 bits per heavy atom. The maximum Gasteiger partial charge on any atom is 0.263 e. The second-order valence-electron chi connectivity index (χ2n) is 8.38. The van der Waals surface area contributed by atoms with Crippen LogP contribution in [0.5, 0.6) is 5.75 Å². The standard InChI is InChI=1S/C25H30F2N2O4/c1-31-15-33-23-13-16(24(26)27)8-9-19(23)17-5-4-11-28-25(20-14-32-12-10-18(17)20)29-21-6-2-3-7-22(21)30/h8-9,11,13,22,24,30H,2-7,10,12,14-15H2,1H3/b18-17+,25-20+,28-11-,29-21+/t22-/m1/s1. The third-order valence-electron chi connectivity index (χ3n) is 6.19. The average Bonchev–Trinajstić information content (AvgIpc) is 2.82. The third-order valence-corrected chi connectivity index (χ3v) is 6.19. The number of ether oxygens (including phenoxy) is 3. The Kier molecular flexibility index (Phi) is 8.01. The van der Waals surface area contributed by atoms with Gasteiger partial charge in [0, 0.05) is 35.7 Å². The van der Waals surface area contributed by atoms with Gasteiger partial charge in [0.15, 0.2) is 12.6 Å². The van der Waals surface area contributed by atoms with E-state index in [-0.39, 0.29) is 12.4 Å². The van der Waals surface area contributed by atoms with Crippen LogP contribution >= 0.6 is 0 Å². The molecule has 2 fully saturated rings. The van der Waals surface area contributed by atoms with Crippen LogP contribution in [0.15, 0.2) is 45.2 Å². The molecule has 1 N–H and O–H groups in total. The van der Waals surface area contributed by atoms with Gasteiger partial charge in [-0.15, -0.1) is 0 Å². The number of benzene rings is 1. The van der Waals surface area contributed by atoms with Crippen LogP contribution in [0.2, 0.25) is 0 Å². The van der Waals surface area contributed by atoms with Crippen molar-refractivity contribution in [1.82, 2.24) is 0 Å². The van der Waals surface area contributed by atoms with E-state index >= 15 is 0 Å². The van der Waals surface area contributed by atoms with Gasteiger partial charge in [-0.3, -0.25) is 0 Å². The minimum absolute atomic E-state index is 0.0354. The highest BCUT2D eigenvalue weighted by molar-refractivity contribution is 5.90. The lowest BCUT2D eigenvalue weighted by molar-refractivity contribution is 0.0505. The minimum Gasteiger partial charge on any atom is -0.467 e. The smallest absolute Gasteiger partial charge is 0.263 e. The van der Waals surface area contributed by atoms with Crippen molar-refractivity contribution in [1.29, 1.82) is 0 Å². The second-order valence-corrected chi connectivity index (χ2v) is 8.38. The van der Waals surface area contributed by atoms with E-state index in [1.165, 1.54) is 19.2 Å². The summed E-state index contributed by atoms with van der Waals surface area (Å²) in [7, 11) is 1.50. The molecule has 4 rings (SSSR count). The molecule has 8 heteroatoms. The van der Waals surface area contributed by atoms with Crippen LogP contribution in [0.1, 0.15) is 62.5 Å². The summed E-state index contributed by atoms with van der Waals surface area (Å²) < 4.78 is 43.2. The van der Waals surface area contributed by atoms with E-state index in [1.807, 2.05) is 6.21 Å². The minimum atomic E-state index is -2.59. The van der Waals surface area contributed by atoms with Crippen LogP contribution in [0.4, 0.5) is 8.78 Å². The molecule has 178 valence electrons. The lowest BCUT2D eigenvalue weighted by atomic mass is 9.87. The van der Waals surface area contributed by atoms with E-state index in [2.05, 4.69) is 4.99 Å². The van der Waals surface area contributed by atoms with Gasteiger partial charge in [-0.1, -0.05) is 18.6 Å². The summed E-state index contributed by atoms with van der Waals surface area (Å²) in [6, 6.07) is 4.54. The first-order valence-electron chi connectivity index (χ1n) is 11.4. The number of nitrogens with zero attached hydrogens (tertiary/aromatic N) is 2. The van der Waals surface area contributed by atoms with Crippen molar-refractivity contribution < 1.29 is 28.1 Å². The zero-order valence-corrected chi connectivity index (χ0v) is 18.9. The van der Waals surface area contributed by atoms with Crippen molar-refractivity contribution in [3.05, 3.63) is 46.3 Å². The van der Waals surface area contributed by atoms with Gasteiger partial charge in [-0.2, -0.15) is 0 Å². The Bertz CT molecular complexity index is 985. The summed E-state index contributed by atoms with van der Waals surface area (Å²) in [4.78, 5) is 9.41. The summed E-state index contributed by atoms with van der Waals surface area (Å²) in [5.74, 6) is 0.942. The molecule has 0 amide bonds. The molecule has 1 saturated carbocycles. The predicted molar refractivity (Wildman–Crippen MR) is 123 cm³/mol. The van der Waals surface area contributed by atoms with Crippen molar-refractivity contribution in [2.24, 2.45) is 9.98 Å². The number of allylic oxidation sites excluding steroid dienone is 1. The Morgan fingerprint density at radius 1 is 1.18 bits per heavy atom. The molecule has 33 heavy (non-hydrogen) atoms. The van der Waals surface area contributed by atoms with Crippen LogP contribution in [0.3, 0.4) is 0 Å². The zero-order chi connectivity index (χ0) is 23.2. The van der Waals surface area contributed by atoms with Crippen molar-refractivity contribution in [3.63, 3.8) is 0 Å². The molecule has 2 heterocycles. The predicted octanol–water partition coefficient (Wildman–Crippen LogP) is 5.23. The SMILES string of the molecule is COCOc1cc(C(F)F)ccc1\C1=C2/CCOC/C2=C(\N=C2/CCCC[C@H]2O)/N=C\CC1. The van der Waals surface area contributed by atoms with Crippen LogP contribution < -0.4 is 4.74 Å². The van der Waals surface area contributed by atoms with Crippen LogP contribution in [-0.4, -0.2) is 50.3 Å². The van der Waals surface area contributed by atoms with Gasteiger partial charge in [0.2, 0.25) is 0 Å². The third kappa shape index (κ3) is 5.57. The molecule has 1 aliphatic carbocycles. The molecule has 2 aliphatic heterocycles. The van der Waals surface area contributed by atoms with Crippen LogP contribution in [0, 0.1) is 0 Å². The summed E-state index contributed by atoms with van der Waals surface area (Å²) in [6.45, 7) is 0.885. The Labute approximate surface area is 192 Å². The molecule has 0 bridgehead atoms. The Hall–Kier alpha value is -2.42. The molecule has 0 aromatic heterocycles. The van der Waals surface area contributed by atoms with Crippen LogP contribution in [-0.2, 0) is 9.47 Å². The number of aliphatic hydroxyl groups excluding tert-OH is 1. The van der Waals surface area contributed by atoms with Gasteiger partial charge in [0.1, 0.15) is 5.75 Å². The van der Waals surface area contributed by atoms with Gasteiger partial charge in [0.25, 0.3) is 6.43 Å². The second kappa shape index (κ2) is 11.1. The summed E-state index contributed by atoms with van der Waals surface area (Å²) in [6.07, 6.45) is 4.19. The van der Waals surface area contributed by atoms with E-state index in [0.29, 0.717) is 50.5 Å². The Morgan fingerprint density at radius 3 is 2.85 bits per heavy atom. The molecule has 1 atom stereocenters. The molecule has 1 saturated heterocycles. The van der Waals surface area contributed by atoms with E-state index < -0.39 is 12.5 Å². The lowest BCUT2D eigenvalue weighted by Gasteiger charge is -2.27. The van der Waals surface area contributed by atoms with Crippen molar-refractivity contribution in [2.75, 3.05) is 27.1 Å². The molecule has 0 spiro atoms. The van der Waals surface area contributed by atoms with Gasteiger partial charge in [-0.05, 0) is 55.7 Å². The number of halogens is 2. The summed E-state index contributed by atoms with van der Waals surface area (Å²) in [5, 5.41) is 10.4. The summed E-state index contributed by atoms with van der Waals surface area (Å²) in [5.41, 5.74) is 4.41. The Balaban J connectivity index is 1.83. The van der Waals surface area contributed by atoms with E-state index in [9.17, 15) is 13.9 Å². The number of alkyl halides is 2. The normalized spacial score (nSPS) is 28.4.